The van der Waals surface area contributed by atoms with Crippen LogP contribution in [-0.4, -0.2) is 30.8 Å². The average Bonchev–Trinajstić information content (AvgIpc) is 1.56. The lowest BCUT2D eigenvalue weighted by Gasteiger charge is -2.35. The van der Waals surface area contributed by atoms with Crippen LogP contribution in [0.2, 0.25) is 0 Å². The molecule has 416 valence electrons. The Morgan fingerprint density at radius 1 is 0.333 bits per heavy atom. The number of fused-ring (bicyclic) bond motifs is 17. The summed E-state index contributed by atoms with van der Waals surface area (Å²) < 4.78 is 5.24. The molecule has 0 fully saturated rings. The Morgan fingerprint density at radius 2 is 0.793 bits per heavy atom. The van der Waals surface area contributed by atoms with E-state index in [1.54, 1.807) is 0 Å². The van der Waals surface area contributed by atoms with Crippen molar-refractivity contribution in [3.05, 3.63) is 262 Å². The van der Waals surface area contributed by atoms with Crippen molar-refractivity contribution in [3.63, 3.8) is 0 Å². The molecule has 5 heterocycles. The number of nitrogens with zero attached hydrogens (tertiary/aromatic N) is 5. The summed E-state index contributed by atoms with van der Waals surface area (Å²) in [7, 11) is 0. The van der Waals surface area contributed by atoms with E-state index < -0.39 is 0 Å². The van der Waals surface area contributed by atoms with Crippen molar-refractivity contribution in [1.29, 1.82) is 0 Å². The molecule has 87 heavy (non-hydrogen) atoms. The minimum Gasteiger partial charge on any atom is -0.310 e. The molecule has 2 aliphatic rings. The van der Waals surface area contributed by atoms with Gasteiger partial charge in [-0.1, -0.05) is 209 Å². The van der Waals surface area contributed by atoms with Crippen LogP contribution in [0.3, 0.4) is 0 Å². The summed E-state index contributed by atoms with van der Waals surface area (Å²) in [5.41, 5.74) is 25.6. The Labute approximate surface area is 507 Å². The summed E-state index contributed by atoms with van der Waals surface area (Å²) in [6.07, 6.45) is 0. The summed E-state index contributed by atoms with van der Waals surface area (Å²) in [5, 5.41) is 12.6. The van der Waals surface area contributed by atoms with E-state index in [1.807, 2.05) is 0 Å². The first kappa shape index (κ1) is 51.5. The molecule has 2 aliphatic heterocycles. The SMILES string of the molecule is Cc1cc(C)c(-c2nc(-c3cc4c5c(c3)-n3c6ccc7c8ccccc8c8ccccc8c7c6c6cccc(c63)B5c3cc(C(C)(C)c5ccccc5)cc5c6cc(C(C)(C)c7ccccc7)ccc6n-4c35)nc(-c3c(C)cc(C)cc3C)n2)c(C)c1. The van der Waals surface area contributed by atoms with Gasteiger partial charge in [0.25, 0.3) is 6.71 Å². The van der Waals surface area contributed by atoms with Gasteiger partial charge in [0.05, 0.1) is 11.0 Å². The van der Waals surface area contributed by atoms with Gasteiger partial charge in [0.15, 0.2) is 17.5 Å². The number of aromatic nitrogens is 5. The van der Waals surface area contributed by atoms with Crippen LogP contribution in [0.4, 0.5) is 0 Å². The van der Waals surface area contributed by atoms with Crippen molar-refractivity contribution in [2.24, 2.45) is 0 Å². The molecule has 0 saturated heterocycles. The highest BCUT2D eigenvalue weighted by molar-refractivity contribution is 7.00. The molecule has 0 aliphatic carbocycles. The van der Waals surface area contributed by atoms with Gasteiger partial charge >= 0.3 is 0 Å². The quantitative estimate of drug-likeness (QED) is 0.118. The maximum absolute atomic E-state index is 5.67. The predicted octanol–water partition coefficient (Wildman–Crippen LogP) is 18.2. The molecule has 12 aromatic carbocycles. The van der Waals surface area contributed by atoms with Gasteiger partial charge in [-0.2, -0.15) is 0 Å². The summed E-state index contributed by atoms with van der Waals surface area (Å²) in [5.74, 6) is 2.00. The average molecular weight is 1120 g/mol. The number of aryl methyl sites for hydroxylation is 6. The minimum atomic E-state index is -0.330. The molecule has 0 unspecified atom stereocenters. The van der Waals surface area contributed by atoms with Crippen LogP contribution in [0.5, 0.6) is 0 Å². The molecule has 0 amide bonds. The van der Waals surface area contributed by atoms with E-state index in [4.69, 9.17) is 15.0 Å². The van der Waals surface area contributed by atoms with Crippen LogP contribution >= 0.6 is 0 Å². The lowest BCUT2D eigenvalue weighted by molar-refractivity contribution is 0.641. The van der Waals surface area contributed by atoms with E-state index in [0.29, 0.717) is 17.5 Å². The highest BCUT2D eigenvalue weighted by Crippen LogP contribution is 2.48. The smallest absolute Gasteiger partial charge is 0.252 e. The molecule has 0 N–H and O–H groups in total. The van der Waals surface area contributed by atoms with Crippen molar-refractivity contribution in [3.8, 4) is 45.5 Å². The Bertz CT molecular complexity index is 5370. The summed E-state index contributed by atoms with van der Waals surface area (Å²) >= 11 is 0. The third-order valence-corrected chi connectivity index (χ3v) is 20.2. The van der Waals surface area contributed by atoms with Crippen LogP contribution in [0, 0.1) is 41.5 Å². The minimum absolute atomic E-state index is 0.125. The van der Waals surface area contributed by atoms with E-state index >= 15 is 0 Å². The van der Waals surface area contributed by atoms with E-state index in [0.717, 1.165) is 50.3 Å². The Morgan fingerprint density at radius 3 is 1.38 bits per heavy atom. The summed E-state index contributed by atoms with van der Waals surface area (Å²) in [4.78, 5) is 16.8. The van der Waals surface area contributed by atoms with Gasteiger partial charge in [0, 0.05) is 76.9 Å². The Hall–Kier alpha value is -9.91. The highest BCUT2D eigenvalue weighted by Gasteiger charge is 2.43. The van der Waals surface area contributed by atoms with E-state index in [-0.39, 0.29) is 17.5 Å². The number of para-hydroxylation sites is 1. The van der Waals surface area contributed by atoms with Gasteiger partial charge in [0.2, 0.25) is 0 Å². The fraction of sp³-hybridized carbons (Fsp3) is 0.148. The van der Waals surface area contributed by atoms with E-state index in [9.17, 15) is 0 Å². The third kappa shape index (κ3) is 7.25. The van der Waals surface area contributed by atoms with Crippen LogP contribution in [0.15, 0.2) is 206 Å². The van der Waals surface area contributed by atoms with Crippen molar-refractivity contribution < 1.29 is 0 Å². The van der Waals surface area contributed by atoms with Gasteiger partial charge in [-0.05, 0) is 166 Å². The molecule has 15 aromatic rings. The zero-order valence-corrected chi connectivity index (χ0v) is 50.9. The second-order valence-electron chi connectivity index (χ2n) is 26.3. The number of benzene rings is 12. The second-order valence-corrected chi connectivity index (χ2v) is 26.3. The van der Waals surface area contributed by atoms with Crippen LogP contribution in [0.25, 0.3) is 121 Å². The fourth-order valence-electron chi connectivity index (χ4n) is 16.2. The van der Waals surface area contributed by atoms with E-state index in [2.05, 4.69) is 285 Å². The van der Waals surface area contributed by atoms with Gasteiger partial charge in [-0.15, -0.1) is 0 Å². The normalized spacial score (nSPS) is 12.9. The Kier molecular flexibility index (Phi) is 10.8. The molecular weight excluding hydrogens is 1050 g/mol. The summed E-state index contributed by atoms with van der Waals surface area (Å²) in [6.45, 7) is 22.5. The molecule has 3 aromatic heterocycles. The first-order chi connectivity index (χ1) is 42.1. The largest absolute Gasteiger partial charge is 0.310 e. The third-order valence-electron chi connectivity index (χ3n) is 20.2. The zero-order chi connectivity index (χ0) is 59.1. The van der Waals surface area contributed by atoms with Crippen LogP contribution < -0.4 is 16.4 Å². The van der Waals surface area contributed by atoms with Crippen molar-refractivity contribution in [1.82, 2.24) is 24.1 Å². The molecule has 0 spiro atoms. The van der Waals surface area contributed by atoms with E-state index in [1.165, 1.54) is 126 Å². The van der Waals surface area contributed by atoms with Crippen LogP contribution in [-0.2, 0) is 10.8 Å². The first-order valence-electron chi connectivity index (χ1n) is 30.8. The van der Waals surface area contributed by atoms with Crippen molar-refractivity contribution in [2.45, 2.75) is 80.1 Å². The first-order valence-corrected chi connectivity index (χ1v) is 30.8. The van der Waals surface area contributed by atoms with Gasteiger partial charge < -0.3 is 9.13 Å². The molecular formula is C81H64BN5. The van der Waals surface area contributed by atoms with Crippen molar-refractivity contribution >= 4 is 99.0 Å². The predicted molar refractivity (Wildman–Crippen MR) is 368 cm³/mol. The Balaban J connectivity index is 1.05. The molecule has 0 bridgehead atoms. The molecule has 5 nitrogen and oxygen atoms in total. The topological polar surface area (TPSA) is 48.5 Å². The maximum Gasteiger partial charge on any atom is 0.252 e. The van der Waals surface area contributed by atoms with Gasteiger partial charge in [-0.3, -0.25) is 0 Å². The lowest BCUT2D eigenvalue weighted by atomic mass is 9.34. The van der Waals surface area contributed by atoms with Gasteiger partial charge in [0.1, 0.15) is 0 Å². The highest BCUT2D eigenvalue weighted by atomic mass is 15.1. The molecule has 0 saturated carbocycles. The molecule has 0 radical (unpaired) electrons. The summed E-state index contributed by atoms with van der Waals surface area (Å²) in [6, 6.07) is 78.3. The standard InChI is InChI=1S/C81H64BN5/c1-45-36-47(3)70(48(4)37-45)78-83-77(84-79(85-78)71-49(5)38-46(2)39-50(71)6)51-40-68-74-69(41-51)87-67-35-33-60-58-28-18-17-26-56(58)57-27-19-20-29-59(57)72(60)73(67)61-30-21-31-64(75(61)87)82(74)65-44-55(81(9,10)53-24-15-12-16-25-53)43-63-62-42-54(32-34-66(62)86(68)76(63)65)80(7,8)52-22-13-11-14-23-52/h11-44H,1-10H3. The molecule has 0 atom stereocenters. The van der Waals surface area contributed by atoms with Crippen molar-refractivity contribution in [2.75, 3.05) is 0 Å². The van der Waals surface area contributed by atoms with Gasteiger partial charge in [-0.25, -0.2) is 15.0 Å². The van der Waals surface area contributed by atoms with Crippen LogP contribution in [0.1, 0.15) is 83.3 Å². The number of rotatable bonds is 7. The number of hydrogen-bond donors (Lipinski definition) is 0. The fourth-order valence-corrected chi connectivity index (χ4v) is 16.2. The monoisotopic (exact) mass is 1120 g/mol. The second kappa shape index (κ2) is 18.3. The lowest BCUT2D eigenvalue weighted by Crippen LogP contribution is -2.59. The zero-order valence-electron chi connectivity index (χ0n) is 50.9. The molecule has 17 rings (SSSR count). The number of hydrogen-bond acceptors (Lipinski definition) is 3. The molecule has 6 heteroatoms. The maximum atomic E-state index is 5.67.